The van der Waals surface area contributed by atoms with Gasteiger partial charge in [-0.05, 0) is 43.5 Å². The maximum atomic E-state index is 15.5. The number of hydrogen-bond donors (Lipinski definition) is 1. The van der Waals surface area contributed by atoms with E-state index in [0.717, 1.165) is 18.4 Å². The van der Waals surface area contributed by atoms with Crippen LogP contribution in [0.4, 0.5) is 30.2 Å². The molecule has 0 amide bonds. The van der Waals surface area contributed by atoms with E-state index < -0.39 is 12.2 Å². The SMILES string of the molecule is COc1c(Nc2cc(CC(=O)C3CC3)nc3c2N=C(C(F)F)C3)ccc(-c2nn(C)cc2C)c1F. The molecule has 1 fully saturated rings. The van der Waals surface area contributed by atoms with E-state index in [4.69, 9.17) is 4.74 Å². The molecule has 1 aliphatic carbocycles. The molecule has 1 N–H and O–H groups in total. The molecule has 10 heteroatoms. The summed E-state index contributed by atoms with van der Waals surface area (Å²) in [6.45, 7) is 1.84. The van der Waals surface area contributed by atoms with Gasteiger partial charge in [-0.3, -0.25) is 14.5 Å². The third-order valence-corrected chi connectivity index (χ3v) is 6.20. The van der Waals surface area contributed by atoms with Crippen molar-refractivity contribution in [3.05, 3.63) is 47.2 Å². The summed E-state index contributed by atoms with van der Waals surface area (Å²) >= 11 is 0. The fourth-order valence-electron chi connectivity index (χ4n) is 4.35. The zero-order chi connectivity index (χ0) is 24.9. The van der Waals surface area contributed by atoms with Crippen LogP contribution in [0, 0.1) is 18.7 Å². The Morgan fingerprint density at radius 3 is 2.69 bits per heavy atom. The summed E-state index contributed by atoms with van der Waals surface area (Å²) < 4.78 is 49.3. The molecule has 1 saturated carbocycles. The quantitative estimate of drug-likeness (QED) is 0.482. The predicted octanol–water partition coefficient (Wildman–Crippen LogP) is 5.10. The van der Waals surface area contributed by atoms with E-state index in [9.17, 15) is 13.6 Å². The Hall–Kier alpha value is -3.69. The molecule has 2 aromatic heterocycles. The second kappa shape index (κ2) is 8.83. The number of fused-ring (bicyclic) bond motifs is 1. The number of pyridine rings is 1. The van der Waals surface area contributed by atoms with Crippen molar-refractivity contribution in [1.82, 2.24) is 14.8 Å². The highest BCUT2D eigenvalue weighted by molar-refractivity contribution is 5.99. The van der Waals surface area contributed by atoms with E-state index >= 15 is 4.39 Å². The van der Waals surface area contributed by atoms with Crippen molar-refractivity contribution in [2.45, 2.75) is 39.0 Å². The van der Waals surface area contributed by atoms with Crippen LogP contribution in [0.1, 0.15) is 29.8 Å². The molecule has 5 rings (SSSR count). The van der Waals surface area contributed by atoms with E-state index in [1.807, 2.05) is 6.92 Å². The maximum absolute atomic E-state index is 15.5. The smallest absolute Gasteiger partial charge is 0.277 e. The number of carbonyl (C=O) groups is 1. The Labute approximate surface area is 200 Å². The lowest BCUT2D eigenvalue weighted by Gasteiger charge is -2.16. The van der Waals surface area contributed by atoms with Gasteiger partial charge in [-0.1, -0.05) is 0 Å². The first kappa shape index (κ1) is 23.1. The number of ether oxygens (including phenoxy) is 1. The first-order valence-corrected chi connectivity index (χ1v) is 11.3. The van der Waals surface area contributed by atoms with E-state index in [1.54, 1.807) is 36.1 Å². The standard InChI is InChI=1S/C25H24F3N5O2/c1-12-11-33(2)32-22(12)15-6-7-16(24(35-3)21(15)26)30-17-8-14(9-20(34)13-4-5-13)29-18-10-19(25(27)28)31-23(17)18/h6-8,11,13,25H,4-5,9-10H2,1-3H3,(H,29,30). The van der Waals surface area contributed by atoms with E-state index in [0.29, 0.717) is 22.8 Å². The molecule has 0 atom stereocenters. The second-order valence-corrected chi connectivity index (χ2v) is 8.92. The molecule has 0 radical (unpaired) electrons. The number of alkyl halides is 2. The summed E-state index contributed by atoms with van der Waals surface area (Å²) in [7, 11) is 3.10. The molecule has 0 unspecified atom stereocenters. The van der Waals surface area contributed by atoms with Gasteiger partial charge in [0.05, 0.1) is 41.3 Å². The van der Waals surface area contributed by atoms with Gasteiger partial charge in [-0.15, -0.1) is 0 Å². The topological polar surface area (TPSA) is 81.4 Å². The van der Waals surface area contributed by atoms with Crippen molar-refractivity contribution in [1.29, 1.82) is 0 Å². The van der Waals surface area contributed by atoms with Crippen LogP contribution < -0.4 is 10.1 Å². The summed E-state index contributed by atoms with van der Waals surface area (Å²) in [6.07, 6.45) is 0.812. The zero-order valence-corrected chi connectivity index (χ0v) is 19.5. The van der Waals surface area contributed by atoms with Crippen molar-refractivity contribution in [2.75, 3.05) is 12.4 Å². The van der Waals surface area contributed by atoms with Gasteiger partial charge in [-0.2, -0.15) is 5.10 Å². The highest BCUT2D eigenvalue weighted by Crippen LogP contribution is 2.42. The lowest BCUT2D eigenvalue weighted by Crippen LogP contribution is -2.11. The average Bonchev–Trinajstić information content (AvgIpc) is 3.48. The molecule has 0 bridgehead atoms. The number of Topliss-reactive ketones (excluding diaryl/α,β-unsaturated/α-hetero) is 1. The number of benzene rings is 1. The van der Waals surface area contributed by atoms with Gasteiger partial charge < -0.3 is 10.1 Å². The maximum Gasteiger partial charge on any atom is 0.277 e. The summed E-state index contributed by atoms with van der Waals surface area (Å²) in [4.78, 5) is 20.9. The first-order valence-electron chi connectivity index (χ1n) is 11.3. The molecule has 3 aromatic rings. The number of aryl methyl sites for hydroxylation is 2. The number of rotatable bonds is 8. The second-order valence-electron chi connectivity index (χ2n) is 8.92. The van der Waals surface area contributed by atoms with Gasteiger partial charge in [0.1, 0.15) is 11.5 Å². The summed E-state index contributed by atoms with van der Waals surface area (Å²) in [6, 6.07) is 4.84. The fraction of sp³-hybridized carbons (Fsp3) is 0.360. The third kappa shape index (κ3) is 4.40. The molecule has 1 aliphatic heterocycles. The number of methoxy groups -OCH3 is 1. The van der Waals surface area contributed by atoms with E-state index in [1.165, 1.54) is 7.11 Å². The highest BCUT2D eigenvalue weighted by Gasteiger charge is 2.31. The molecule has 2 aliphatic rings. The molecule has 182 valence electrons. The lowest BCUT2D eigenvalue weighted by atomic mass is 10.1. The summed E-state index contributed by atoms with van der Waals surface area (Å²) in [5, 5.41) is 7.42. The van der Waals surface area contributed by atoms with Crippen LogP contribution >= 0.6 is 0 Å². The molecule has 1 aromatic carbocycles. The molecule has 0 saturated heterocycles. The predicted molar refractivity (Wildman–Crippen MR) is 126 cm³/mol. The van der Waals surface area contributed by atoms with Crippen LogP contribution in [-0.4, -0.2) is 39.8 Å². The van der Waals surface area contributed by atoms with Crippen LogP contribution in [0.15, 0.2) is 29.4 Å². The van der Waals surface area contributed by atoms with Crippen molar-refractivity contribution >= 4 is 28.6 Å². The number of aliphatic imine (C=N–C) groups is 1. The average molecular weight is 483 g/mol. The van der Waals surface area contributed by atoms with Gasteiger partial charge in [-0.25, -0.2) is 18.2 Å². The Balaban J connectivity index is 1.54. The Morgan fingerprint density at radius 1 is 1.29 bits per heavy atom. The van der Waals surface area contributed by atoms with Crippen LogP contribution in [-0.2, 0) is 24.7 Å². The van der Waals surface area contributed by atoms with Crippen molar-refractivity contribution in [3.8, 4) is 17.0 Å². The molecule has 0 spiro atoms. The van der Waals surface area contributed by atoms with Gasteiger partial charge >= 0.3 is 0 Å². The molecule has 7 nitrogen and oxygen atoms in total. The minimum atomic E-state index is -2.72. The largest absolute Gasteiger partial charge is 0.492 e. The number of nitrogens with one attached hydrogen (secondary N) is 1. The molecule has 35 heavy (non-hydrogen) atoms. The lowest BCUT2D eigenvalue weighted by molar-refractivity contribution is -0.119. The number of anilines is 2. The summed E-state index contributed by atoms with van der Waals surface area (Å²) in [5.74, 6) is -0.531. The molecule has 3 heterocycles. The zero-order valence-electron chi connectivity index (χ0n) is 19.5. The third-order valence-electron chi connectivity index (χ3n) is 6.20. The number of carbonyl (C=O) groups excluding carboxylic acids is 1. The minimum absolute atomic E-state index is 0.0473. The number of ketones is 1. The van der Waals surface area contributed by atoms with Gasteiger partial charge in [0, 0.05) is 37.6 Å². The molecular weight excluding hydrogens is 459 g/mol. The van der Waals surface area contributed by atoms with E-state index in [-0.39, 0.29) is 52.9 Å². The van der Waals surface area contributed by atoms with Gasteiger partial charge in [0.25, 0.3) is 6.43 Å². The van der Waals surface area contributed by atoms with Crippen LogP contribution in [0.3, 0.4) is 0 Å². The van der Waals surface area contributed by atoms with Crippen LogP contribution in [0.25, 0.3) is 11.3 Å². The number of aromatic nitrogens is 3. The Kier molecular flexibility index (Phi) is 5.82. The first-order chi connectivity index (χ1) is 16.7. The monoisotopic (exact) mass is 483 g/mol. The van der Waals surface area contributed by atoms with Crippen molar-refractivity contribution in [3.63, 3.8) is 0 Å². The highest BCUT2D eigenvalue weighted by atomic mass is 19.3. The van der Waals surface area contributed by atoms with Crippen molar-refractivity contribution < 1.29 is 22.7 Å². The van der Waals surface area contributed by atoms with Gasteiger partial charge in [0.2, 0.25) is 0 Å². The summed E-state index contributed by atoms with van der Waals surface area (Å²) in [5.41, 5.74) is 3.03. The number of halogens is 3. The molecular formula is C25H24F3N5O2. The minimum Gasteiger partial charge on any atom is -0.492 e. The van der Waals surface area contributed by atoms with Gasteiger partial charge in [0.15, 0.2) is 11.6 Å². The number of nitrogens with zero attached hydrogens (tertiary/aromatic N) is 4. The number of hydrogen-bond acceptors (Lipinski definition) is 6. The van der Waals surface area contributed by atoms with Crippen LogP contribution in [0.5, 0.6) is 5.75 Å². The van der Waals surface area contributed by atoms with E-state index in [2.05, 4.69) is 20.4 Å². The van der Waals surface area contributed by atoms with Crippen LogP contribution in [0.2, 0.25) is 0 Å². The Bertz CT molecular complexity index is 1360. The normalized spacial score (nSPS) is 14.8. The Morgan fingerprint density at radius 2 is 2.06 bits per heavy atom. The fourth-order valence-corrected chi connectivity index (χ4v) is 4.35. The van der Waals surface area contributed by atoms with Crippen molar-refractivity contribution in [2.24, 2.45) is 18.0 Å².